The monoisotopic (exact) mass is 336 g/mol. The van der Waals surface area contributed by atoms with E-state index in [9.17, 15) is 0 Å². The predicted octanol–water partition coefficient (Wildman–Crippen LogP) is 5.42. The largest absolute Gasteiger partial charge is 0.699 e. The summed E-state index contributed by atoms with van der Waals surface area (Å²) >= 11 is 0. The van der Waals surface area contributed by atoms with Gasteiger partial charge in [0.05, 0.1) is 0 Å². The molecule has 3 rings (SSSR count). The molecule has 133 valence electrons. The molecule has 0 amide bonds. The van der Waals surface area contributed by atoms with Crippen molar-refractivity contribution in [2.45, 2.75) is 81.6 Å². The van der Waals surface area contributed by atoms with E-state index in [-0.39, 0.29) is 5.41 Å². The first-order chi connectivity index (χ1) is 11.6. The van der Waals surface area contributed by atoms with Crippen LogP contribution in [0, 0.1) is 19.3 Å². The van der Waals surface area contributed by atoms with Gasteiger partial charge in [0, 0.05) is 35.0 Å². The highest BCUT2D eigenvalue weighted by molar-refractivity contribution is 6.29. The number of aromatic nitrogens is 1. The Morgan fingerprint density at radius 1 is 0.960 bits per heavy atom. The van der Waals surface area contributed by atoms with Gasteiger partial charge in [0.15, 0.2) is 11.4 Å². The van der Waals surface area contributed by atoms with E-state index < -0.39 is 0 Å². The maximum absolute atomic E-state index is 2.45. The molecule has 0 atom stereocenters. The van der Waals surface area contributed by atoms with Gasteiger partial charge in [-0.3, -0.25) is 4.49 Å². The maximum Gasteiger partial charge on any atom is 0.699 e. The minimum atomic E-state index is 0.260. The molecule has 0 N–H and O–H groups in total. The van der Waals surface area contributed by atoms with Crippen molar-refractivity contribution in [2.24, 2.45) is 5.41 Å². The van der Waals surface area contributed by atoms with E-state index >= 15 is 0 Å². The number of rotatable bonds is 3. The maximum atomic E-state index is 2.45. The lowest BCUT2D eigenvalue weighted by molar-refractivity contribution is -0.316. The Morgan fingerprint density at radius 3 is 2.12 bits per heavy atom. The molecule has 3 heterocycles. The van der Waals surface area contributed by atoms with Gasteiger partial charge in [-0.2, -0.15) is 0 Å². The summed E-state index contributed by atoms with van der Waals surface area (Å²) in [5, 5.41) is 0. The summed E-state index contributed by atoms with van der Waals surface area (Å²) in [6, 6.07) is 0. The third-order valence-electron chi connectivity index (χ3n) is 5.91. The Morgan fingerprint density at radius 2 is 1.60 bits per heavy atom. The Bertz CT molecular complexity index is 838. The molecule has 0 unspecified atom stereocenters. The highest BCUT2D eigenvalue weighted by Crippen LogP contribution is 2.43. The molecule has 0 spiro atoms. The summed E-state index contributed by atoms with van der Waals surface area (Å²) in [5.41, 5.74) is 13.4. The number of nitrogens with zero attached hydrogens (tertiary/aromatic N) is 2. The van der Waals surface area contributed by atoms with Crippen molar-refractivity contribution >= 4 is 18.8 Å². The smallest absolute Gasteiger partial charge is 0.322 e. The van der Waals surface area contributed by atoms with Crippen molar-refractivity contribution in [3.63, 3.8) is 0 Å². The SMILES string of the molecule is CCC1=C(C)C2=C(CC(C)(C)C)c3c(C)c(CC)c(C)n3[B][N+]2=C1C. The zero-order valence-electron chi connectivity index (χ0n) is 17.6. The number of fused-ring (bicyclic) bond motifs is 2. The molecule has 0 saturated heterocycles. The van der Waals surface area contributed by atoms with Gasteiger partial charge in [0.1, 0.15) is 0 Å². The van der Waals surface area contributed by atoms with Gasteiger partial charge in [-0.1, -0.05) is 34.6 Å². The lowest BCUT2D eigenvalue weighted by Gasteiger charge is -2.25. The molecule has 1 radical (unpaired) electrons. The summed E-state index contributed by atoms with van der Waals surface area (Å²) in [5.74, 6) is 0. The lowest BCUT2D eigenvalue weighted by Crippen LogP contribution is -2.33. The molecule has 0 fully saturated rings. The fourth-order valence-electron chi connectivity index (χ4n) is 4.82. The van der Waals surface area contributed by atoms with Crippen molar-refractivity contribution in [3.8, 4) is 0 Å². The Labute approximate surface area is 154 Å². The average Bonchev–Trinajstić information content (AvgIpc) is 2.90. The van der Waals surface area contributed by atoms with Crippen LogP contribution in [0.4, 0.5) is 0 Å². The first-order valence-corrected chi connectivity index (χ1v) is 9.74. The zero-order chi connectivity index (χ0) is 18.7. The molecule has 0 aliphatic carbocycles. The van der Waals surface area contributed by atoms with Crippen molar-refractivity contribution in [3.05, 3.63) is 39.4 Å². The van der Waals surface area contributed by atoms with Gasteiger partial charge in [0.2, 0.25) is 0 Å². The van der Waals surface area contributed by atoms with Crippen molar-refractivity contribution in [1.82, 2.24) is 4.48 Å². The van der Waals surface area contributed by atoms with E-state index in [0.29, 0.717) is 0 Å². The van der Waals surface area contributed by atoms with Gasteiger partial charge in [-0.05, 0) is 56.6 Å². The standard InChI is InChI=1S/C22H33BN2/c1-10-17-13(3)20-19(12-22(7,8)9)21-14(4)18(11-2)16(6)25(21)23-24(20)15(17)5/h10-12H2,1-9H3/q+1. The summed E-state index contributed by atoms with van der Waals surface area (Å²) in [4.78, 5) is 0. The average molecular weight is 336 g/mol. The topological polar surface area (TPSA) is 7.94 Å². The van der Waals surface area contributed by atoms with Gasteiger partial charge in [-0.15, -0.1) is 0 Å². The van der Waals surface area contributed by atoms with Crippen LogP contribution in [0.15, 0.2) is 16.8 Å². The van der Waals surface area contributed by atoms with Crippen molar-refractivity contribution < 1.29 is 4.49 Å². The third kappa shape index (κ3) is 2.67. The fourth-order valence-corrected chi connectivity index (χ4v) is 4.82. The normalized spacial score (nSPS) is 17.3. The molecule has 3 heteroatoms. The van der Waals surface area contributed by atoms with Crippen LogP contribution in [0.3, 0.4) is 0 Å². The van der Waals surface area contributed by atoms with Gasteiger partial charge < -0.3 is 4.48 Å². The lowest BCUT2D eigenvalue weighted by atomic mass is 9.81. The van der Waals surface area contributed by atoms with Crippen molar-refractivity contribution in [1.29, 1.82) is 0 Å². The Balaban J connectivity index is 2.37. The van der Waals surface area contributed by atoms with E-state index in [4.69, 9.17) is 0 Å². The highest BCUT2D eigenvalue weighted by atomic mass is 15.1. The van der Waals surface area contributed by atoms with Crippen LogP contribution in [-0.2, 0) is 6.42 Å². The van der Waals surface area contributed by atoms with Crippen LogP contribution in [0.1, 0.15) is 83.8 Å². The molecule has 2 aliphatic heterocycles. The first kappa shape index (κ1) is 18.3. The molecule has 2 aliphatic rings. The van der Waals surface area contributed by atoms with E-state index in [0.717, 1.165) is 19.3 Å². The molecular formula is C22H33BN2+. The second-order valence-electron chi connectivity index (χ2n) is 8.85. The first-order valence-electron chi connectivity index (χ1n) is 9.74. The van der Waals surface area contributed by atoms with Crippen LogP contribution in [0.5, 0.6) is 0 Å². The van der Waals surface area contributed by atoms with Gasteiger partial charge >= 0.3 is 7.55 Å². The van der Waals surface area contributed by atoms with Crippen LogP contribution in [0.25, 0.3) is 5.57 Å². The molecule has 0 aromatic carbocycles. The molecule has 2 nitrogen and oxygen atoms in total. The van der Waals surface area contributed by atoms with E-state index in [1.165, 1.54) is 50.6 Å². The number of allylic oxidation sites excluding steroid dienone is 3. The Kier molecular flexibility index (Phi) is 4.42. The van der Waals surface area contributed by atoms with Gasteiger partial charge in [0.25, 0.3) is 0 Å². The minimum absolute atomic E-state index is 0.260. The highest BCUT2D eigenvalue weighted by Gasteiger charge is 2.43. The van der Waals surface area contributed by atoms with Crippen LogP contribution in [0.2, 0.25) is 0 Å². The summed E-state index contributed by atoms with van der Waals surface area (Å²) in [7, 11) is 2.33. The number of hydrogen-bond donors (Lipinski definition) is 0. The predicted molar refractivity (Wildman–Crippen MR) is 109 cm³/mol. The molecule has 25 heavy (non-hydrogen) atoms. The summed E-state index contributed by atoms with van der Waals surface area (Å²) in [6.07, 6.45) is 3.30. The summed E-state index contributed by atoms with van der Waals surface area (Å²) in [6.45, 7) is 20.8. The van der Waals surface area contributed by atoms with E-state index in [2.05, 4.69) is 78.8 Å². The van der Waals surface area contributed by atoms with Gasteiger partial charge in [-0.25, -0.2) is 0 Å². The second-order valence-corrected chi connectivity index (χ2v) is 8.85. The molecular weight excluding hydrogens is 303 g/mol. The number of hydrogen-bond acceptors (Lipinski definition) is 0. The third-order valence-corrected chi connectivity index (χ3v) is 5.91. The molecule has 0 saturated carbocycles. The van der Waals surface area contributed by atoms with Crippen LogP contribution in [-0.4, -0.2) is 22.2 Å². The quantitative estimate of drug-likeness (QED) is 0.651. The van der Waals surface area contributed by atoms with E-state index in [1.54, 1.807) is 0 Å². The molecule has 0 bridgehead atoms. The van der Waals surface area contributed by atoms with Crippen LogP contribution < -0.4 is 0 Å². The molecule has 1 aromatic rings. The zero-order valence-corrected chi connectivity index (χ0v) is 17.6. The molecule has 1 aromatic heterocycles. The van der Waals surface area contributed by atoms with Crippen molar-refractivity contribution in [2.75, 3.05) is 0 Å². The van der Waals surface area contributed by atoms with Crippen LogP contribution >= 0.6 is 0 Å². The minimum Gasteiger partial charge on any atom is -0.322 e. The fraction of sp³-hybridized carbons (Fsp3) is 0.591. The summed E-state index contributed by atoms with van der Waals surface area (Å²) < 4.78 is 4.90. The Hall–Kier alpha value is -1.51. The van der Waals surface area contributed by atoms with E-state index in [1.807, 2.05) is 0 Å². The second kappa shape index (κ2) is 6.04.